The first kappa shape index (κ1) is 21.6. The molecule has 0 aliphatic carbocycles. The Kier molecular flexibility index (Phi) is 7.60. The number of aromatic carboxylic acids is 1. The van der Waals surface area contributed by atoms with Crippen molar-refractivity contribution in [2.24, 2.45) is 0 Å². The zero-order chi connectivity index (χ0) is 21.3. The molecule has 5 heteroatoms. The summed E-state index contributed by atoms with van der Waals surface area (Å²) in [5, 5.41) is 14.7. The van der Waals surface area contributed by atoms with Gasteiger partial charge in [0.2, 0.25) is 0 Å². The van der Waals surface area contributed by atoms with Gasteiger partial charge in [0, 0.05) is 25.1 Å². The van der Waals surface area contributed by atoms with E-state index in [9.17, 15) is 4.79 Å². The first-order valence-corrected chi connectivity index (χ1v) is 9.92. The molecule has 3 rings (SSSR count). The maximum atomic E-state index is 11.1. The van der Waals surface area contributed by atoms with E-state index in [1.165, 1.54) is 0 Å². The van der Waals surface area contributed by atoms with Crippen LogP contribution < -0.4 is 10.1 Å². The standard InChI is InChI=1S/C25H27NO4/c1-18(16-29-2)26-15-20(14-19-10-12-22(13-11-19)25(27)28)17-30-24-9-5-7-21-6-3-4-8-23(21)24/h3-14,18,26H,15-17H2,1-2H3,(H,27,28)/b20-14+. The molecule has 1 atom stereocenters. The highest BCUT2D eigenvalue weighted by Crippen LogP contribution is 2.25. The topological polar surface area (TPSA) is 67.8 Å². The van der Waals surface area contributed by atoms with Gasteiger partial charge in [-0.15, -0.1) is 0 Å². The third-order valence-corrected chi connectivity index (χ3v) is 4.79. The SMILES string of the molecule is COCC(C)NC/C(=C\c1ccc(C(=O)O)cc1)COc1cccc2ccccc12. The molecule has 0 saturated heterocycles. The fourth-order valence-corrected chi connectivity index (χ4v) is 3.21. The molecule has 1 unspecified atom stereocenters. The van der Waals surface area contributed by atoms with Gasteiger partial charge in [-0.1, -0.05) is 54.6 Å². The lowest BCUT2D eigenvalue weighted by atomic mass is 10.1. The van der Waals surface area contributed by atoms with Gasteiger partial charge in [-0.25, -0.2) is 4.79 Å². The van der Waals surface area contributed by atoms with Crippen LogP contribution in [-0.2, 0) is 4.74 Å². The van der Waals surface area contributed by atoms with Crippen LogP contribution in [0.25, 0.3) is 16.8 Å². The van der Waals surface area contributed by atoms with Crippen LogP contribution in [-0.4, -0.2) is 44.0 Å². The minimum Gasteiger partial charge on any atom is -0.489 e. The van der Waals surface area contributed by atoms with Crippen LogP contribution in [0.5, 0.6) is 5.75 Å². The summed E-state index contributed by atoms with van der Waals surface area (Å²) in [5.74, 6) is -0.0923. The number of rotatable bonds is 10. The van der Waals surface area contributed by atoms with Gasteiger partial charge in [-0.2, -0.15) is 0 Å². The molecule has 0 radical (unpaired) electrons. The van der Waals surface area contributed by atoms with Crippen molar-refractivity contribution in [3.63, 3.8) is 0 Å². The molecule has 3 aromatic rings. The number of nitrogens with one attached hydrogen (secondary N) is 1. The van der Waals surface area contributed by atoms with Crippen molar-refractivity contribution in [1.29, 1.82) is 0 Å². The van der Waals surface area contributed by atoms with E-state index in [2.05, 4.69) is 30.4 Å². The highest BCUT2D eigenvalue weighted by atomic mass is 16.5. The molecule has 0 aliphatic heterocycles. The molecule has 0 aliphatic rings. The summed E-state index contributed by atoms with van der Waals surface area (Å²) in [6.07, 6.45) is 2.03. The predicted molar refractivity (Wildman–Crippen MR) is 120 cm³/mol. The Morgan fingerprint density at radius 1 is 1.07 bits per heavy atom. The number of methoxy groups -OCH3 is 1. The Morgan fingerprint density at radius 2 is 1.80 bits per heavy atom. The molecule has 30 heavy (non-hydrogen) atoms. The third kappa shape index (κ3) is 5.92. The van der Waals surface area contributed by atoms with E-state index in [1.807, 2.05) is 30.3 Å². The molecular formula is C25H27NO4. The molecule has 0 spiro atoms. The van der Waals surface area contributed by atoms with Crippen LogP contribution >= 0.6 is 0 Å². The summed E-state index contributed by atoms with van der Waals surface area (Å²) in [7, 11) is 1.68. The van der Waals surface area contributed by atoms with Crippen molar-refractivity contribution < 1.29 is 19.4 Å². The van der Waals surface area contributed by atoms with Gasteiger partial charge in [0.1, 0.15) is 12.4 Å². The van der Waals surface area contributed by atoms with Crippen LogP contribution in [0.2, 0.25) is 0 Å². The minimum atomic E-state index is -0.930. The van der Waals surface area contributed by atoms with Gasteiger partial charge in [-0.3, -0.25) is 0 Å². The molecule has 0 saturated carbocycles. The smallest absolute Gasteiger partial charge is 0.335 e. The second kappa shape index (κ2) is 10.6. The molecule has 3 aromatic carbocycles. The molecule has 0 aromatic heterocycles. The number of fused-ring (bicyclic) bond motifs is 1. The number of ether oxygens (including phenoxy) is 2. The number of hydrogen-bond acceptors (Lipinski definition) is 4. The lowest BCUT2D eigenvalue weighted by Gasteiger charge is -2.16. The second-order valence-corrected chi connectivity index (χ2v) is 7.23. The third-order valence-electron chi connectivity index (χ3n) is 4.79. The van der Waals surface area contributed by atoms with Crippen LogP contribution in [0.1, 0.15) is 22.8 Å². The number of hydrogen-bond donors (Lipinski definition) is 2. The molecule has 0 amide bonds. The van der Waals surface area contributed by atoms with Gasteiger partial charge < -0.3 is 19.9 Å². The van der Waals surface area contributed by atoms with E-state index in [0.717, 1.165) is 27.7 Å². The molecule has 2 N–H and O–H groups in total. The quantitative estimate of drug-likeness (QED) is 0.515. The highest BCUT2D eigenvalue weighted by molar-refractivity contribution is 5.88. The minimum absolute atomic E-state index is 0.199. The van der Waals surface area contributed by atoms with E-state index in [-0.39, 0.29) is 11.6 Å². The summed E-state index contributed by atoms with van der Waals surface area (Å²) in [5.41, 5.74) is 2.25. The van der Waals surface area contributed by atoms with E-state index < -0.39 is 5.97 Å². The Bertz CT molecular complexity index is 1010. The summed E-state index contributed by atoms with van der Waals surface area (Å²) in [6.45, 7) is 3.73. The molecule has 0 heterocycles. The predicted octanol–water partition coefficient (Wildman–Crippen LogP) is 4.62. The maximum Gasteiger partial charge on any atom is 0.335 e. The van der Waals surface area contributed by atoms with Crippen molar-refractivity contribution >= 4 is 22.8 Å². The summed E-state index contributed by atoms with van der Waals surface area (Å²) < 4.78 is 11.4. The molecule has 0 bridgehead atoms. The lowest BCUT2D eigenvalue weighted by Crippen LogP contribution is -2.32. The highest BCUT2D eigenvalue weighted by Gasteiger charge is 2.07. The zero-order valence-electron chi connectivity index (χ0n) is 17.3. The average Bonchev–Trinajstić information content (AvgIpc) is 2.76. The number of benzene rings is 3. The second-order valence-electron chi connectivity index (χ2n) is 7.23. The van der Waals surface area contributed by atoms with Crippen molar-refractivity contribution in [2.45, 2.75) is 13.0 Å². The summed E-state index contributed by atoms with van der Waals surface area (Å²) >= 11 is 0. The van der Waals surface area contributed by atoms with Crippen molar-refractivity contribution in [3.8, 4) is 5.75 Å². The van der Waals surface area contributed by atoms with Crippen LogP contribution in [0.15, 0.2) is 72.3 Å². The van der Waals surface area contributed by atoms with Gasteiger partial charge in [0.15, 0.2) is 0 Å². The van der Waals surface area contributed by atoms with E-state index >= 15 is 0 Å². The summed E-state index contributed by atoms with van der Waals surface area (Å²) in [6, 6.07) is 21.2. The molecule has 156 valence electrons. The van der Waals surface area contributed by atoms with Gasteiger partial charge in [0.25, 0.3) is 0 Å². The Labute approximate surface area is 176 Å². The van der Waals surface area contributed by atoms with Gasteiger partial charge >= 0.3 is 5.97 Å². The number of carboxylic acid groups (broad SMARTS) is 1. The Hall–Kier alpha value is -3.15. The number of carbonyl (C=O) groups is 1. The van der Waals surface area contributed by atoms with E-state index in [4.69, 9.17) is 14.6 Å². The summed E-state index contributed by atoms with van der Waals surface area (Å²) in [4.78, 5) is 11.1. The first-order valence-electron chi connectivity index (χ1n) is 9.92. The molecular weight excluding hydrogens is 378 g/mol. The Balaban J connectivity index is 1.78. The number of carboxylic acids is 1. The fourth-order valence-electron chi connectivity index (χ4n) is 3.21. The first-order chi connectivity index (χ1) is 14.6. The Morgan fingerprint density at radius 3 is 2.53 bits per heavy atom. The lowest BCUT2D eigenvalue weighted by molar-refractivity contribution is 0.0697. The van der Waals surface area contributed by atoms with Crippen LogP contribution in [0.3, 0.4) is 0 Å². The van der Waals surface area contributed by atoms with Crippen LogP contribution in [0.4, 0.5) is 0 Å². The van der Waals surface area contributed by atoms with Gasteiger partial charge in [0.05, 0.1) is 12.2 Å². The van der Waals surface area contributed by atoms with Crippen LogP contribution in [0, 0.1) is 0 Å². The van der Waals surface area contributed by atoms with Crippen molar-refractivity contribution in [1.82, 2.24) is 5.32 Å². The normalized spacial score (nSPS) is 12.7. The van der Waals surface area contributed by atoms with Crippen molar-refractivity contribution in [3.05, 3.63) is 83.4 Å². The zero-order valence-corrected chi connectivity index (χ0v) is 17.3. The molecule has 5 nitrogen and oxygen atoms in total. The average molecular weight is 405 g/mol. The van der Waals surface area contributed by atoms with Crippen molar-refractivity contribution in [2.75, 3.05) is 26.9 Å². The monoisotopic (exact) mass is 405 g/mol. The van der Waals surface area contributed by atoms with Gasteiger partial charge in [-0.05, 0) is 41.6 Å². The molecule has 0 fully saturated rings. The van der Waals surface area contributed by atoms with E-state index in [1.54, 1.807) is 31.4 Å². The van der Waals surface area contributed by atoms with E-state index in [0.29, 0.717) is 19.8 Å². The fraction of sp³-hybridized carbons (Fsp3) is 0.240. The largest absolute Gasteiger partial charge is 0.489 e. The maximum absolute atomic E-state index is 11.1.